The first-order valence-electron chi connectivity index (χ1n) is 12.5. The Morgan fingerprint density at radius 1 is 1.05 bits per heavy atom. The number of amides is 1. The third-order valence-electron chi connectivity index (χ3n) is 8.05. The number of likely N-dealkylation sites (tertiary alicyclic amines) is 1. The summed E-state index contributed by atoms with van der Waals surface area (Å²) in [5.41, 5.74) is 0.172. The number of hydrogen-bond acceptors (Lipinski definition) is 9. The van der Waals surface area contributed by atoms with Gasteiger partial charge >= 0.3 is 17.9 Å². The fourth-order valence-electron chi connectivity index (χ4n) is 6.17. The van der Waals surface area contributed by atoms with Gasteiger partial charge in [-0.15, -0.1) is 5.92 Å². The zero-order valence-electron chi connectivity index (χ0n) is 21.8. The molecule has 38 heavy (non-hydrogen) atoms. The Hall–Kier alpha value is -4.13. The molecular weight excluding hydrogens is 490 g/mol. The van der Waals surface area contributed by atoms with Crippen molar-refractivity contribution >= 4 is 35.3 Å². The highest BCUT2D eigenvalue weighted by Crippen LogP contribution is 2.58. The molecule has 1 saturated heterocycles. The van der Waals surface area contributed by atoms with Crippen molar-refractivity contribution in [3.05, 3.63) is 41.1 Å². The molecule has 10 nitrogen and oxygen atoms in total. The van der Waals surface area contributed by atoms with Crippen LogP contribution in [0.5, 0.6) is 0 Å². The quantitative estimate of drug-likeness (QED) is 0.328. The van der Waals surface area contributed by atoms with E-state index in [1.165, 1.54) is 26.2 Å². The monoisotopic (exact) mass is 519 g/mol. The smallest absolute Gasteiger partial charge is 0.357 e. The van der Waals surface area contributed by atoms with Crippen LogP contribution >= 0.6 is 0 Å². The number of fused-ring (bicyclic) bond motifs is 1. The number of methoxy groups -OCH3 is 3. The number of nitrogens with zero attached hydrogens (tertiary/aromatic N) is 3. The van der Waals surface area contributed by atoms with Crippen molar-refractivity contribution in [2.75, 3.05) is 32.8 Å². The van der Waals surface area contributed by atoms with E-state index in [4.69, 9.17) is 14.2 Å². The third-order valence-corrected chi connectivity index (χ3v) is 8.05. The minimum Gasteiger partial charge on any atom is -0.467 e. The van der Waals surface area contributed by atoms with Crippen molar-refractivity contribution in [3.63, 3.8) is 0 Å². The second kappa shape index (κ2) is 9.63. The number of amidine groups is 1. The molecule has 0 bridgehead atoms. The Morgan fingerprint density at radius 3 is 2.37 bits per heavy atom. The fraction of sp³-hybridized carbons (Fsp3) is 0.464. The molecule has 0 unspecified atom stereocenters. The third kappa shape index (κ3) is 3.45. The summed E-state index contributed by atoms with van der Waals surface area (Å²) in [4.78, 5) is 61.5. The van der Waals surface area contributed by atoms with Crippen LogP contribution in [0, 0.1) is 17.8 Å². The number of ether oxygens (including phenoxy) is 3. The minimum atomic E-state index is -1.12. The number of carbonyl (C=O) groups is 4. The number of esters is 3. The summed E-state index contributed by atoms with van der Waals surface area (Å²) < 4.78 is 15.3. The number of aliphatic imine (C=N–C) groups is 1. The van der Waals surface area contributed by atoms with Gasteiger partial charge in [-0.2, -0.15) is 0 Å². The lowest BCUT2D eigenvalue weighted by Crippen LogP contribution is -2.56. The van der Waals surface area contributed by atoms with Gasteiger partial charge in [0.2, 0.25) is 5.91 Å². The number of carbonyl (C=O) groups excluding carboxylic acids is 4. The van der Waals surface area contributed by atoms with Gasteiger partial charge in [-0.3, -0.25) is 9.69 Å². The van der Waals surface area contributed by atoms with E-state index in [0.29, 0.717) is 12.8 Å². The lowest BCUT2D eigenvalue weighted by molar-refractivity contribution is -0.151. The van der Waals surface area contributed by atoms with E-state index < -0.39 is 35.4 Å². The van der Waals surface area contributed by atoms with Crippen molar-refractivity contribution in [1.29, 1.82) is 0 Å². The molecular formula is C28H29N3O7. The second-order valence-corrected chi connectivity index (χ2v) is 9.71. The second-order valence-electron chi connectivity index (χ2n) is 9.71. The predicted molar refractivity (Wildman–Crippen MR) is 136 cm³/mol. The van der Waals surface area contributed by atoms with E-state index in [9.17, 15) is 19.2 Å². The molecule has 3 heterocycles. The first-order valence-corrected chi connectivity index (χ1v) is 12.5. The van der Waals surface area contributed by atoms with Crippen molar-refractivity contribution in [3.8, 4) is 11.8 Å². The molecule has 10 heteroatoms. The Balaban J connectivity index is 1.85. The summed E-state index contributed by atoms with van der Waals surface area (Å²) in [6, 6.07) is 5.70. The van der Waals surface area contributed by atoms with Crippen LogP contribution in [-0.4, -0.2) is 74.5 Å². The van der Waals surface area contributed by atoms with Gasteiger partial charge in [0, 0.05) is 11.6 Å². The first-order chi connectivity index (χ1) is 18.3. The molecule has 0 aromatic heterocycles. The average Bonchev–Trinajstić information content (AvgIpc) is 3.40. The molecule has 1 saturated carbocycles. The largest absolute Gasteiger partial charge is 0.467 e. The minimum absolute atomic E-state index is 0.00115. The van der Waals surface area contributed by atoms with Crippen molar-refractivity contribution in [1.82, 2.24) is 4.90 Å². The zero-order valence-corrected chi connectivity index (χ0v) is 21.8. The molecule has 3 atom stereocenters. The van der Waals surface area contributed by atoms with E-state index in [0.717, 1.165) is 17.7 Å². The van der Waals surface area contributed by atoms with Crippen LogP contribution < -0.4 is 4.90 Å². The number of para-hydroxylation sites is 1. The summed E-state index contributed by atoms with van der Waals surface area (Å²) in [5.74, 6) is 3.51. The van der Waals surface area contributed by atoms with Gasteiger partial charge in [0.25, 0.3) is 0 Å². The highest BCUT2D eigenvalue weighted by molar-refractivity contribution is 6.17. The van der Waals surface area contributed by atoms with Gasteiger partial charge in [-0.25, -0.2) is 19.4 Å². The zero-order chi connectivity index (χ0) is 27.2. The highest BCUT2D eigenvalue weighted by Gasteiger charge is 2.68. The molecule has 4 aliphatic rings. The van der Waals surface area contributed by atoms with E-state index in [-0.39, 0.29) is 41.9 Å². The fourth-order valence-corrected chi connectivity index (χ4v) is 6.17. The Kier molecular flexibility index (Phi) is 6.47. The molecule has 1 aromatic rings. The Labute approximate surface area is 220 Å². The average molecular weight is 520 g/mol. The highest BCUT2D eigenvalue weighted by atomic mass is 16.5. The van der Waals surface area contributed by atoms with Crippen LogP contribution in [0.3, 0.4) is 0 Å². The molecule has 2 fully saturated rings. The summed E-state index contributed by atoms with van der Waals surface area (Å²) in [5, 5.41) is 0. The van der Waals surface area contributed by atoms with Crippen LogP contribution in [0.1, 0.15) is 38.2 Å². The first kappa shape index (κ1) is 25.5. The molecule has 1 spiro atoms. The number of benzene rings is 1. The lowest BCUT2D eigenvalue weighted by atomic mass is 9.69. The number of anilines is 1. The molecule has 0 radical (unpaired) electrons. The van der Waals surface area contributed by atoms with Crippen LogP contribution in [0.4, 0.5) is 5.69 Å². The molecule has 0 N–H and O–H groups in total. The SMILES string of the molecule is CC#CCN1c2ccccc2[C@]23C[C@@H](C(=O)OC)N(C(=O)C4CCC4)C2=NC(C(=O)OC)=C(C(=O)OC)[C@H]13. The number of hydrogen-bond donors (Lipinski definition) is 0. The molecule has 1 amide bonds. The number of rotatable bonds is 5. The lowest BCUT2D eigenvalue weighted by Gasteiger charge is -2.40. The Bertz CT molecular complexity index is 1350. The van der Waals surface area contributed by atoms with Crippen LogP contribution in [0.25, 0.3) is 0 Å². The summed E-state index contributed by atoms with van der Waals surface area (Å²) in [6.07, 6.45) is 2.44. The van der Waals surface area contributed by atoms with Gasteiger partial charge < -0.3 is 19.1 Å². The van der Waals surface area contributed by atoms with Gasteiger partial charge in [0.1, 0.15) is 11.9 Å². The van der Waals surface area contributed by atoms with Crippen LogP contribution in [0.2, 0.25) is 0 Å². The summed E-state index contributed by atoms with van der Waals surface area (Å²) >= 11 is 0. The van der Waals surface area contributed by atoms with E-state index in [2.05, 4.69) is 16.8 Å². The van der Waals surface area contributed by atoms with Crippen molar-refractivity contribution in [2.45, 2.75) is 50.1 Å². The van der Waals surface area contributed by atoms with Crippen molar-refractivity contribution < 1.29 is 33.4 Å². The van der Waals surface area contributed by atoms with E-state index in [1.54, 1.807) is 6.92 Å². The van der Waals surface area contributed by atoms with Gasteiger partial charge in [0.15, 0.2) is 5.70 Å². The molecule has 3 aliphatic heterocycles. The van der Waals surface area contributed by atoms with E-state index in [1.807, 2.05) is 29.2 Å². The van der Waals surface area contributed by atoms with Crippen molar-refractivity contribution in [2.24, 2.45) is 10.9 Å². The molecule has 5 rings (SSSR count). The van der Waals surface area contributed by atoms with Gasteiger partial charge in [-0.1, -0.05) is 30.5 Å². The van der Waals surface area contributed by atoms with Crippen LogP contribution in [-0.2, 0) is 38.8 Å². The standard InChI is InChI=1S/C28H29N3O7/c1-5-6-14-30-18-13-8-7-12-17(18)28-15-19(24(33)36-2)31(23(32)16-10-9-11-16)27(28)29-21(26(35)38-4)20(22(28)30)25(34)37-3/h7-8,12-13,16,19,22H,9-11,14-15H2,1-4H3/t19-,22-,28-/m0/s1. The maximum absolute atomic E-state index is 13.9. The van der Waals surface area contributed by atoms with Gasteiger partial charge in [0.05, 0.1) is 44.9 Å². The van der Waals surface area contributed by atoms with Crippen LogP contribution in [0.15, 0.2) is 40.5 Å². The summed E-state index contributed by atoms with van der Waals surface area (Å²) in [7, 11) is 3.70. The maximum atomic E-state index is 13.9. The molecule has 198 valence electrons. The van der Waals surface area contributed by atoms with E-state index >= 15 is 0 Å². The predicted octanol–water partition coefficient (Wildman–Crippen LogP) is 1.72. The maximum Gasteiger partial charge on any atom is 0.357 e. The Morgan fingerprint density at radius 2 is 1.76 bits per heavy atom. The topological polar surface area (TPSA) is 115 Å². The summed E-state index contributed by atoms with van der Waals surface area (Å²) in [6.45, 7) is 1.94. The normalized spacial score (nSPS) is 25.2. The molecule has 1 aliphatic carbocycles. The molecule has 1 aromatic carbocycles. The van der Waals surface area contributed by atoms with Gasteiger partial charge in [-0.05, 0) is 37.8 Å².